The molecule has 0 heterocycles. The van der Waals surface area contributed by atoms with Gasteiger partial charge in [0, 0.05) is 12.1 Å². The Hall–Kier alpha value is -1.26. The molecular formula is C16H28N2O3. The number of rotatable bonds is 4. The number of nitrogens with zero attached hydrogens (tertiary/aromatic N) is 1. The standard InChI is InChI=1S/C16H28N2O3/c1-12(15(19)20)17-16(21)18(13-8-4-2-5-9-13)14-10-6-3-7-11-14/h12-14H,2-11H2,1H3,(H,17,21)(H,19,20)/t12-/m0/s1. The van der Waals surface area contributed by atoms with Gasteiger partial charge in [0.05, 0.1) is 0 Å². The van der Waals surface area contributed by atoms with E-state index in [-0.39, 0.29) is 6.03 Å². The third-order valence-corrected chi connectivity index (χ3v) is 4.88. The summed E-state index contributed by atoms with van der Waals surface area (Å²) in [5.74, 6) is -0.976. The highest BCUT2D eigenvalue weighted by atomic mass is 16.4. The van der Waals surface area contributed by atoms with Crippen LogP contribution in [0.3, 0.4) is 0 Å². The van der Waals surface area contributed by atoms with Gasteiger partial charge < -0.3 is 15.3 Å². The molecule has 2 fully saturated rings. The Balaban J connectivity index is 2.05. The van der Waals surface area contributed by atoms with Gasteiger partial charge in [-0.2, -0.15) is 0 Å². The van der Waals surface area contributed by atoms with Crippen LogP contribution in [0.4, 0.5) is 4.79 Å². The van der Waals surface area contributed by atoms with Gasteiger partial charge in [-0.3, -0.25) is 4.79 Å². The van der Waals surface area contributed by atoms with Gasteiger partial charge in [0.2, 0.25) is 0 Å². The highest BCUT2D eigenvalue weighted by Gasteiger charge is 2.33. The molecule has 0 aromatic rings. The molecule has 2 N–H and O–H groups in total. The van der Waals surface area contributed by atoms with Gasteiger partial charge in [-0.1, -0.05) is 38.5 Å². The van der Waals surface area contributed by atoms with Crippen molar-refractivity contribution in [3.05, 3.63) is 0 Å². The number of nitrogens with one attached hydrogen (secondary N) is 1. The normalized spacial score (nSPS) is 22.5. The molecule has 0 bridgehead atoms. The molecule has 2 amide bonds. The van der Waals surface area contributed by atoms with Crippen LogP contribution in [0.15, 0.2) is 0 Å². The fraction of sp³-hybridized carbons (Fsp3) is 0.875. The Labute approximate surface area is 127 Å². The minimum absolute atomic E-state index is 0.177. The lowest BCUT2D eigenvalue weighted by molar-refractivity contribution is -0.138. The monoisotopic (exact) mass is 296 g/mol. The molecule has 5 heteroatoms. The number of hydrogen-bond donors (Lipinski definition) is 2. The van der Waals surface area contributed by atoms with E-state index < -0.39 is 12.0 Å². The van der Waals surface area contributed by atoms with Crippen LogP contribution in [0.2, 0.25) is 0 Å². The zero-order chi connectivity index (χ0) is 15.2. The lowest BCUT2D eigenvalue weighted by atomic mass is 9.89. The molecular weight excluding hydrogens is 268 g/mol. The van der Waals surface area contributed by atoms with Crippen LogP contribution in [0.25, 0.3) is 0 Å². The summed E-state index contributed by atoms with van der Waals surface area (Å²) in [5, 5.41) is 11.7. The number of urea groups is 1. The van der Waals surface area contributed by atoms with Crippen molar-refractivity contribution >= 4 is 12.0 Å². The fourth-order valence-electron chi connectivity index (χ4n) is 3.67. The first-order valence-electron chi connectivity index (χ1n) is 8.41. The second-order valence-electron chi connectivity index (χ2n) is 6.50. The predicted octanol–water partition coefficient (Wildman–Crippen LogP) is 3.14. The lowest BCUT2D eigenvalue weighted by Gasteiger charge is -2.41. The molecule has 0 aromatic carbocycles. The predicted molar refractivity (Wildman–Crippen MR) is 81.2 cm³/mol. The zero-order valence-corrected chi connectivity index (χ0v) is 13.0. The molecule has 0 radical (unpaired) electrons. The number of carboxylic acid groups (broad SMARTS) is 1. The summed E-state index contributed by atoms with van der Waals surface area (Å²) in [6.07, 6.45) is 11.5. The van der Waals surface area contributed by atoms with Crippen LogP contribution < -0.4 is 5.32 Å². The summed E-state index contributed by atoms with van der Waals surface area (Å²) < 4.78 is 0. The van der Waals surface area contributed by atoms with Crippen molar-refractivity contribution in [3.63, 3.8) is 0 Å². The van der Waals surface area contributed by atoms with Crippen molar-refractivity contribution in [2.75, 3.05) is 0 Å². The summed E-state index contributed by atoms with van der Waals surface area (Å²) in [4.78, 5) is 25.6. The van der Waals surface area contributed by atoms with E-state index in [1.54, 1.807) is 0 Å². The summed E-state index contributed by atoms with van der Waals surface area (Å²) in [6, 6.07) is -0.415. The highest BCUT2D eigenvalue weighted by molar-refractivity contribution is 5.82. The summed E-state index contributed by atoms with van der Waals surface area (Å²) in [7, 11) is 0. The molecule has 0 unspecified atom stereocenters. The Morgan fingerprint density at radius 3 is 1.76 bits per heavy atom. The van der Waals surface area contributed by atoms with Gasteiger partial charge in [-0.15, -0.1) is 0 Å². The van der Waals surface area contributed by atoms with Gasteiger partial charge in [-0.25, -0.2) is 4.79 Å². The molecule has 1 atom stereocenters. The van der Waals surface area contributed by atoms with Gasteiger partial charge in [-0.05, 0) is 32.6 Å². The summed E-state index contributed by atoms with van der Waals surface area (Å²) >= 11 is 0. The van der Waals surface area contributed by atoms with Gasteiger partial charge >= 0.3 is 12.0 Å². The van der Waals surface area contributed by atoms with Crippen molar-refractivity contribution in [1.29, 1.82) is 0 Å². The molecule has 5 nitrogen and oxygen atoms in total. The third-order valence-electron chi connectivity index (χ3n) is 4.88. The van der Waals surface area contributed by atoms with Crippen molar-refractivity contribution in [2.24, 2.45) is 0 Å². The van der Waals surface area contributed by atoms with Crippen LogP contribution in [-0.2, 0) is 4.79 Å². The minimum Gasteiger partial charge on any atom is -0.480 e. The van der Waals surface area contributed by atoms with E-state index >= 15 is 0 Å². The molecule has 21 heavy (non-hydrogen) atoms. The number of carboxylic acids is 1. The average Bonchev–Trinajstić information content (AvgIpc) is 2.49. The van der Waals surface area contributed by atoms with Crippen molar-refractivity contribution < 1.29 is 14.7 Å². The zero-order valence-electron chi connectivity index (χ0n) is 13.0. The molecule has 2 aliphatic carbocycles. The molecule has 2 rings (SSSR count). The van der Waals surface area contributed by atoms with Crippen molar-refractivity contribution in [3.8, 4) is 0 Å². The maximum Gasteiger partial charge on any atom is 0.325 e. The molecule has 120 valence electrons. The second kappa shape index (κ2) is 7.66. The first-order valence-corrected chi connectivity index (χ1v) is 8.41. The van der Waals surface area contributed by atoms with Crippen LogP contribution in [0.5, 0.6) is 0 Å². The molecule has 0 saturated heterocycles. The number of carbonyl (C=O) groups excluding carboxylic acids is 1. The largest absolute Gasteiger partial charge is 0.480 e. The molecule has 0 aromatic heterocycles. The molecule has 0 aliphatic heterocycles. The SMILES string of the molecule is C[C@H](NC(=O)N(C1CCCCC1)C1CCCCC1)C(=O)O. The van der Waals surface area contributed by atoms with Crippen LogP contribution in [0.1, 0.15) is 71.1 Å². The smallest absolute Gasteiger partial charge is 0.325 e. The Kier molecular flexibility index (Phi) is 5.88. The van der Waals surface area contributed by atoms with Gasteiger partial charge in [0.1, 0.15) is 6.04 Å². The molecule has 2 saturated carbocycles. The van der Waals surface area contributed by atoms with Crippen LogP contribution in [0, 0.1) is 0 Å². The van der Waals surface area contributed by atoms with Crippen molar-refractivity contribution in [2.45, 2.75) is 89.3 Å². The van der Waals surface area contributed by atoms with Crippen LogP contribution in [-0.4, -0.2) is 40.1 Å². The Morgan fingerprint density at radius 2 is 1.38 bits per heavy atom. The van der Waals surface area contributed by atoms with E-state index in [0.717, 1.165) is 25.7 Å². The lowest BCUT2D eigenvalue weighted by Crippen LogP contribution is -2.55. The Morgan fingerprint density at radius 1 is 0.952 bits per heavy atom. The first kappa shape index (κ1) is 16.1. The number of carbonyl (C=O) groups is 2. The van der Waals surface area contributed by atoms with Gasteiger partial charge in [0.25, 0.3) is 0 Å². The van der Waals surface area contributed by atoms with E-state index in [2.05, 4.69) is 5.32 Å². The minimum atomic E-state index is -0.976. The Bertz CT molecular complexity index is 343. The maximum atomic E-state index is 12.6. The highest BCUT2D eigenvalue weighted by Crippen LogP contribution is 2.30. The third kappa shape index (κ3) is 4.35. The van der Waals surface area contributed by atoms with E-state index in [1.165, 1.54) is 45.4 Å². The maximum absolute atomic E-state index is 12.6. The van der Waals surface area contributed by atoms with Crippen molar-refractivity contribution in [1.82, 2.24) is 10.2 Å². The number of aliphatic carboxylic acids is 1. The van der Waals surface area contributed by atoms with Gasteiger partial charge in [0.15, 0.2) is 0 Å². The first-order chi connectivity index (χ1) is 10.1. The second-order valence-corrected chi connectivity index (χ2v) is 6.50. The average molecular weight is 296 g/mol. The topological polar surface area (TPSA) is 69.6 Å². The molecule has 2 aliphatic rings. The van der Waals surface area contributed by atoms with E-state index in [0.29, 0.717) is 12.1 Å². The number of hydrogen-bond acceptors (Lipinski definition) is 2. The molecule has 0 spiro atoms. The van der Waals surface area contributed by atoms with E-state index in [4.69, 9.17) is 5.11 Å². The quantitative estimate of drug-likeness (QED) is 0.837. The van der Waals surface area contributed by atoms with Crippen LogP contribution >= 0.6 is 0 Å². The fourth-order valence-corrected chi connectivity index (χ4v) is 3.67. The summed E-state index contributed by atoms with van der Waals surface area (Å²) in [5.41, 5.74) is 0. The van der Waals surface area contributed by atoms with E-state index in [1.807, 2.05) is 4.90 Å². The van der Waals surface area contributed by atoms with E-state index in [9.17, 15) is 9.59 Å². The summed E-state index contributed by atoms with van der Waals surface area (Å²) in [6.45, 7) is 1.53. The number of amides is 2.